The van der Waals surface area contributed by atoms with Crippen molar-refractivity contribution < 1.29 is 33.0 Å². The van der Waals surface area contributed by atoms with Crippen LogP contribution in [0.1, 0.15) is 72.0 Å². The maximum Gasteiger partial charge on any atom is 0.304 e. The van der Waals surface area contributed by atoms with Gasteiger partial charge in [0.05, 0.1) is 30.3 Å². The van der Waals surface area contributed by atoms with Crippen LogP contribution in [0.4, 0.5) is 0 Å². The molecule has 5 rings (SSSR count). The fourth-order valence-corrected chi connectivity index (χ4v) is 7.29. The van der Waals surface area contributed by atoms with Crippen LogP contribution in [0.2, 0.25) is 0 Å². The molecule has 2 aliphatic heterocycles. The molecule has 2 aliphatic carbocycles. The molecule has 2 saturated heterocycles. The minimum atomic E-state index is -0.721. The van der Waals surface area contributed by atoms with E-state index in [-0.39, 0.29) is 53.1 Å². The van der Waals surface area contributed by atoms with E-state index in [0.717, 1.165) is 24.8 Å². The Hall–Kier alpha value is -1.86. The predicted octanol–water partition coefficient (Wildman–Crippen LogP) is 4.16. The Morgan fingerprint density at radius 2 is 1.84 bits per heavy atom. The minimum absolute atomic E-state index is 0.0466. The van der Waals surface area contributed by atoms with Gasteiger partial charge in [-0.15, -0.1) is 0 Å². The van der Waals surface area contributed by atoms with Gasteiger partial charge in [0.25, 0.3) is 0 Å². The highest BCUT2D eigenvalue weighted by atomic mass is 16.7. The SMILES string of the molecule is CC(=O)O[C@H]1O[C@@H](c2ccoc2)C[C@]12[C@H](C)[C@H](OC(C)=O)C[C@]1(C)[C@@H]2CC[C@H]2O[C@]21C. The highest BCUT2D eigenvalue weighted by Crippen LogP contribution is 2.73. The molecule has 4 fully saturated rings. The standard InChI is InChI=1S/C24H32O7/c1-13-17(28-14(2)25)10-22(4)19(6-7-20-23(22,5)31-20)24(13)11-18(16-8-9-27-12-16)30-21(24)29-15(3)26/h8-9,12-13,17-21H,6-7,10-11H2,1-5H3/t13-,17-,18-,19+,20-,21+,22-,23-,24-/m1/s1. The van der Waals surface area contributed by atoms with Gasteiger partial charge in [-0.2, -0.15) is 0 Å². The van der Waals surface area contributed by atoms with Gasteiger partial charge in [-0.1, -0.05) is 13.8 Å². The molecule has 0 aromatic carbocycles. The lowest BCUT2D eigenvalue weighted by molar-refractivity contribution is -0.249. The first-order chi connectivity index (χ1) is 14.6. The number of epoxide rings is 1. The Balaban J connectivity index is 1.62. The molecule has 1 aromatic rings. The highest BCUT2D eigenvalue weighted by molar-refractivity contribution is 5.66. The van der Waals surface area contributed by atoms with E-state index in [0.29, 0.717) is 6.42 Å². The number of hydrogen-bond donors (Lipinski definition) is 0. The second-order valence-electron chi connectivity index (χ2n) is 10.3. The second kappa shape index (κ2) is 6.82. The van der Waals surface area contributed by atoms with Crippen molar-refractivity contribution in [1.82, 2.24) is 0 Å². The molecular weight excluding hydrogens is 400 g/mol. The van der Waals surface area contributed by atoms with E-state index in [9.17, 15) is 9.59 Å². The summed E-state index contributed by atoms with van der Waals surface area (Å²) in [6.07, 6.45) is 5.62. The van der Waals surface area contributed by atoms with Gasteiger partial charge in [-0.3, -0.25) is 9.59 Å². The normalized spacial score (nSPS) is 48.0. The summed E-state index contributed by atoms with van der Waals surface area (Å²) >= 11 is 0. The summed E-state index contributed by atoms with van der Waals surface area (Å²) in [5.74, 6) is -0.512. The molecule has 0 amide bonds. The van der Waals surface area contributed by atoms with E-state index < -0.39 is 11.7 Å². The van der Waals surface area contributed by atoms with Crippen LogP contribution < -0.4 is 0 Å². The van der Waals surface area contributed by atoms with Crippen molar-refractivity contribution in [3.05, 3.63) is 24.2 Å². The van der Waals surface area contributed by atoms with Gasteiger partial charge in [0, 0.05) is 36.2 Å². The topological polar surface area (TPSA) is 87.5 Å². The van der Waals surface area contributed by atoms with Crippen molar-refractivity contribution in [3.63, 3.8) is 0 Å². The van der Waals surface area contributed by atoms with Crippen molar-refractivity contribution >= 4 is 11.9 Å². The van der Waals surface area contributed by atoms with Crippen molar-refractivity contribution in [2.75, 3.05) is 0 Å². The first-order valence-corrected chi connectivity index (χ1v) is 11.3. The molecule has 0 radical (unpaired) electrons. The molecule has 1 spiro atoms. The number of esters is 2. The third kappa shape index (κ3) is 2.85. The Bertz CT molecular complexity index is 880. The third-order valence-corrected chi connectivity index (χ3v) is 9.02. The first kappa shape index (κ1) is 21.0. The minimum Gasteiger partial charge on any atom is -0.472 e. The number of fused-ring (bicyclic) bond motifs is 4. The molecule has 4 aliphatic rings. The molecule has 0 N–H and O–H groups in total. The lowest BCUT2D eigenvalue weighted by Gasteiger charge is -2.61. The lowest BCUT2D eigenvalue weighted by atomic mass is 9.43. The smallest absolute Gasteiger partial charge is 0.304 e. The van der Waals surface area contributed by atoms with E-state index in [1.807, 2.05) is 6.07 Å². The lowest BCUT2D eigenvalue weighted by Crippen LogP contribution is -2.64. The van der Waals surface area contributed by atoms with Crippen molar-refractivity contribution in [2.24, 2.45) is 22.7 Å². The fraction of sp³-hybridized carbons (Fsp3) is 0.750. The number of hydrogen-bond acceptors (Lipinski definition) is 7. The molecule has 3 heterocycles. The Labute approximate surface area is 182 Å². The largest absolute Gasteiger partial charge is 0.472 e. The van der Waals surface area contributed by atoms with Crippen LogP contribution >= 0.6 is 0 Å². The van der Waals surface area contributed by atoms with Crippen LogP contribution in [0.25, 0.3) is 0 Å². The predicted molar refractivity (Wildman–Crippen MR) is 109 cm³/mol. The molecular formula is C24H32O7. The first-order valence-electron chi connectivity index (χ1n) is 11.3. The van der Waals surface area contributed by atoms with Gasteiger partial charge < -0.3 is 23.4 Å². The third-order valence-electron chi connectivity index (χ3n) is 9.02. The average Bonchev–Trinajstić information content (AvgIpc) is 3.05. The summed E-state index contributed by atoms with van der Waals surface area (Å²) in [5.41, 5.74) is -0.0632. The molecule has 2 saturated carbocycles. The molecule has 0 bridgehead atoms. The molecule has 7 heteroatoms. The van der Waals surface area contributed by atoms with Gasteiger partial charge in [-0.25, -0.2) is 0 Å². The monoisotopic (exact) mass is 432 g/mol. The van der Waals surface area contributed by atoms with Crippen molar-refractivity contribution in [2.45, 2.75) is 90.5 Å². The molecule has 0 unspecified atom stereocenters. The Kier molecular flexibility index (Phi) is 4.62. The summed E-state index contributed by atoms with van der Waals surface area (Å²) in [6, 6.07) is 1.90. The molecule has 1 aromatic heterocycles. The van der Waals surface area contributed by atoms with Crippen molar-refractivity contribution in [1.29, 1.82) is 0 Å². The van der Waals surface area contributed by atoms with Crippen LogP contribution in [-0.4, -0.2) is 36.0 Å². The van der Waals surface area contributed by atoms with Crippen LogP contribution in [0.3, 0.4) is 0 Å². The van der Waals surface area contributed by atoms with Crippen molar-refractivity contribution in [3.8, 4) is 0 Å². The van der Waals surface area contributed by atoms with Gasteiger partial charge in [0.2, 0.25) is 6.29 Å². The number of furan rings is 1. The van der Waals surface area contributed by atoms with E-state index in [1.54, 1.807) is 12.5 Å². The van der Waals surface area contributed by atoms with Gasteiger partial charge >= 0.3 is 11.9 Å². The maximum absolute atomic E-state index is 12.1. The Morgan fingerprint density at radius 3 is 2.48 bits per heavy atom. The summed E-state index contributed by atoms with van der Waals surface area (Å²) in [7, 11) is 0. The maximum atomic E-state index is 12.1. The zero-order valence-corrected chi connectivity index (χ0v) is 18.9. The molecule has 7 nitrogen and oxygen atoms in total. The van der Waals surface area contributed by atoms with Crippen LogP contribution in [0, 0.1) is 22.7 Å². The summed E-state index contributed by atoms with van der Waals surface area (Å²) in [5, 5.41) is 0. The fourth-order valence-electron chi connectivity index (χ4n) is 7.29. The van der Waals surface area contributed by atoms with Crippen LogP contribution in [0.5, 0.6) is 0 Å². The number of carbonyl (C=O) groups excluding carboxylic acids is 2. The Morgan fingerprint density at radius 1 is 1.10 bits per heavy atom. The van der Waals surface area contributed by atoms with Crippen LogP contribution in [0.15, 0.2) is 23.0 Å². The van der Waals surface area contributed by atoms with Gasteiger partial charge in [0.1, 0.15) is 6.10 Å². The van der Waals surface area contributed by atoms with Crippen LogP contribution in [-0.2, 0) is 28.5 Å². The van der Waals surface area contributed by atoms with Gasteiger partial charge in [-0.05, 0) is 44.6 Å². The second-order valence-corrected chi connectivity index (χ2v) is 10.3. The highest BCUT2D eigenvalue weighted by Gasteiger charge is 2.77. The molecule has 170 valence electrons. The summed E-state index contributed by atoms with van der Waals surface area (Å²) in [4.78, 5) is 24.2. The zero-order valence-electron chi connectivity index (χ0n) is 18.9. The summed E-state index contributed by atoms with van der Waals surface area (Å²) < 4.78 is 29.7. The summed E-state index contributed by atoms with van der Waals surface area (Å²) in [6.45, 7) is 9.43. The molecule has 9 atom stereocenters. The quantitative estimate of drug-likeness (QED) is 0.523. The number of rotatable bonds is 3. The van der Waals surface area contributed by atoms with E-state index >= 15 is 0 Å². The van der Waals surface area contributed by atoms with E-state index in [1.165, 1.54) is 13.8 Å². The van der Waals surface area contributed by atoms with E-state index in [4.69, 9.17) is 23.4 Å². The number of ether oxygens (including phenoxy) is 4. The average molecular weight is 433 g/mol. The van der Waals surface area contributed by atoms with Gasteiger partial charge in [0.15, 0.2) is 0 Å². The molecule has 31 heavy (non-hydrogen) atoms. The zero-order chi connectivity index (χ0) is 22.2. The van der Waals surface area contributed by atoms with E-state index in [2.05, 4.69) is 20.8 Å². The number of carbonyl (C=O) groups is 2.